The molecule has 0 spiro atoms. The molecular weight excluding hydrogens is 396 g/mol. The van der Waals surface area contributed by atoms with Crippen LogP contribution in [0.1, 0.15) is 12.8 Å². The summed E-state index contributed by atoms with van der Waals surface area (Å²) in [5.74, 6) is 0.0615. The molecule has 1 aliphatic heterocycles. The number of benzene rings is 1. The van der Waals surface area contributed by atoms with Gasteiger partial charge in [-0.15, -0.1) is 0 Å². The molecule has 150 valence electrons. The van der Waals surface area contributed by atoms with Crippen LogP contribution in [-0.2, 0) is 14.8 Å². The van der Waals surface area contributed by atoms with Crippen LogP contribution in [0, 0.1) is 0 Å². The molecule has 0 unspecified atom stereocenters. The van der Waals surface area contributed by atoms with E-state index in [0.29, 0.717) is 5.03 Å². The smallest absolute Gasteiger partial charge is 0.244 e. The number of sulfonamides is 1. The van der Waals surface area contributed by atoms with Crippen molar-refractivity contribution in [2.24, 2.45) is 0 Å². The highest BCUT2D eigenvalue weighted by Crippen LogP contribution is 2.23. The Morgan fingerprint density at radius 2 is 1.82 bits per heavy atom. The molecule has 1 amide bonds. The highest BCUT2D eigenvalue weighted by Gasteiger charge is 2.17. The molecule has 2 heterocycles. The van der Waals surface area contributed by atoms with Gasteiger partial charge < -0.3 is 10.2 Å². The summed E-state index contributed by atoms with van der Waals surface area (Å²) in [6.07, 6.45) is 3.77. The molecule has 1 aromatic heterocycles. The summed E-state index contributed by atoms with van der Waals surface area (Å²) in [5, 5.41) is 3.47. The summed E-state index contributed by atoms with van der Waals surface area (Å²) < 4.78 is 25.2. The van der Waals surface area contributed by atoms with Gasteiger partial charge in [-0.3, -0.25) is 4.79 Å². The van der Waals surface area contributed by atoms with Crippen LogP contribution in [0.2, 0.25) is 0 Å². The highest BCUT2D eigenvalue weighted by molar-refractivity contribution is 7.99. The molecule has 0 saturated carbocycles. The zero-order chi connectivity index (χ0) is 20.1. The first-order chi connectivity index (χ1) is 13.4. The molecular formula is C19H24N4O3S2. The van der Waals surface area contributed by atoms with Gasteiger partial charge in [0.05, 0.1) is 10.8 Å². The number of rotatable bonds is 7. The second-order valence-electron chi connectivity index (χ2n) is 6.70. The van der Waals surface area contributed by atoms with E-state index in [2.05, 4.69) is 15.2 Å². The van der Waals surface area contributed by atoms with E-state index in [4.69, 9.17) is 0 Å². The average molecular weight is 421 g/mol. The lowest BCUT2D eigenvalue weighted by atomic mass is 10.2. The third-order valence-corrected chi connectivity index (χ3v) is 7.20. The first-order valence-corrected chi connectivity index (χ1v) is 11.4. The fourth-order valence-corrected chi connectivity index (χ4v) is 4.37. The van der Waals surface area contributed by atoms with Gasteiger partial charge in [0.2, 0.25) is 15.9 Å². The first kappa shape index (κ1) is 20.6. The van der Waals surface area contributed by atoms with Crippen LogP contribution >= 0.6 is 11.8 Å². The van der Waals surface area contributed by atoms with Crippen molar-refractivity contribution >= 4 is 39.1 Å². The number of carbonyl (C=O) groups excluding carboxylic acids is 1. The summed E-state index contributed by atoms with van der Waals surface area (Å²) >= 11 is 1.26. The lowest BCUT2D eigenvalue weighted by molar-refractivity contribution is -0.113. The fourth-order valence-electron chi connectivity index (χ4n) is 2.88. The van der Waals surface area contributed by atoms with Gasteiger partial charge in [-0.25, -0.2) is 17.7 Å². The molecule has 1 fully saturated rings. The van der Waals surface area contributed by atoms with Crippen molar-refractivity contribution in [1.82, 2.24) is 9.29 Å². The summed E-state index contributed by atoms with van der Waals surface area (Å²) in [6.45, 7) is 2.17. The van der Waals surface area contributed by atoms with Crippen molar-refractivity contribution in [3.63, 3.8) is 0 Å². The van der Waals surface area contributed by atoms with E-state index in [1.54, 1.807) is 6.07 Å². The Hall–Kier alpha value is -2.10. The number of carbonyl (C=O) groups is 1. The molecule has 3 rings (SSSR count). The normalized spacial score (nSPS) is 14.5. The molecule has 1 aliphatic rings. The third kappa shape index (κ3) is 5.03. The monoisotopic (exact) mass is 420 g/mol. The van der Waals surface area contributed by atoms with E-state index in [-0.39, 0.29) is 16.6 Å². The van der Waals surface area contributed by atoms with Gasteiger partial charge in [0.25, 0.3) is 0 Å². The molecule has 1 N–H and O–H groups in total. The maximum absolute atomic E-state index is 12.2. The Balaban J connectivity index is 1.51. The Bertz CT molecular complexity index is 907. The highest BCUT2D eigenvalue weighted by atomic mass is 32.2. The molecule has 28 heavy (non-hydrogen) atoms. The van der Waals surface area contributed by atoms with Gasteiger partial charge in [0.1, 0.15) is 4.90 Å². The molecule has 0 aliphatic carbocycles. The Morgan fingerprint density at radius 1 is 1.14 bits per heavy atom. The molecule has 7 nitrogen and oxygen atoms in total. The van der Waals surface area contributed by atoms with E-state index >= 15 is 0 Å². The van der Waals surface area contributed by atoms with E-state index in [9.17, 15) is 13.2 Å². The zero-order valence-electron chi connectivity index (χ0n) is 16.0. The average Bonchev–Trinajstić information content (AvgIpc) is 3.22. The second kappa shape index (κ2) is 8.93. The topological polar surface area (TPSA) is 82.6 Å². The Labute approximate surface area is 170 Å². The van der Waals surface area contributed by atoms with E-state index < -0.39 is 10.0 Å². The van der Waals surface area contributed by atoms with Gasteiger partial charge in [0, 0.05) is 44.8 Å². The van der Waals surface area contributed by atoms with Crippen molar-refractivity contribution in [1.29, 1.82) is 0 Å². The van der Waals surface area contributed by atoms with Gasteiger partial charge in [0.15, 0.2) is 0 Å². The molecule has 0 radical (unpaired) electrons. The molecule has 9 heteroatoms. The maximum Gasteiger partial charge on any atom is 0.244 e. The minimum absolute atomic E-state index is 0.129. The van der Waals surface area contributed by atoms with Crippen molar-refractivity contribution in [2.45, 2.75) is 22.8 Å². The predicted octanol–water partition coefficient (Wildman–Crippen LogP) is 2.66. The summed E-state index contributed by atoms with van der Waals surface area (Å²) in [4.78, 5) is 18.8. The zero-order valence-corrected chi connectivity index (χ0v) is 17.6. The van der Waals surface area contributed by atoms with Crippen molar-refractivity contribution in [3.8, 4) is 0 Å². The van der Waals surface area contributed by atoms with Gasteiger partial charge in [-0.2, -0.15) is 0 Å². The number of amides is 1. The maximum atomic E-state index is 12.2. The summed E-state index contributed by atoms with van der Waals surface area (Å²) in [7, 11) is -0.552. The van der Waals surface area contributed by atoms with E-state index in [1.165, 1.54) is 56.6 Å². The Morgan fingerprint density at radius 3 is 2.39 bits per heavy atom. The van der Waals surface area contributed by atoms with Crippen LogP contribution in [0.3, 0.4) is 0 Å². The number of aromatic nitrogens is 1. The Kier molecular flexibility index (Phi) is 6.58. The molecule has 2 aromatic rings. The lowest BCUT2D eigenvalue weighted by Crippen LogP contribution is -2.22. The minimum atomic E-state index is -3.50. The van der Waals surface area contributed by atoms with Crippen molar-refractivity contribution in [3.05, 3.63) is 42.6 Å². The quantitative estimate of drug-likeness (QED) is 0.694. The number of hydrogen-bond acceptors (Lipinski definition) is 6. The molecule has 0 atom stereocenters. The number of thioether (sulfide) groups is 1. The van der Waals surface area contributed by atoms with Crippen LogP contribution in [0.15, 0.2) is 52.5 Å². The molecule has 0 bridgehead atoms. The van der Waals surface area contributed by atoms with E-state index in [1.807, 2.05) is 24.3 Å². The second-order valence-corrected chi connectivity index (χ2v) is 9.84. The number of nitrogens with zero attached hydrogens (tertiary/aromatic N) is 3. The van der Waals surface area contributed by atoms with Crippen molar-refractivity contribution < 1.29 is 13.2 Å². The van der Waals surface area contributed by atoms with Crippen molar-refractivity contribution in [2.75, 3.05) is 43.2 Å². The van der Waals surface area contributed by atoms with Gasteiger partial charge in [-0.05, 0) is 49.2 Å². The standard InChI is InChI=1S/C19H24N4O3S2/c1-22(2)28(25,26)17-9-10-19(20-13-17)27-14-18(24)21-15-5-7-16(8-6-15)23-11-3-4-12-23/h5-10,13H,3-4,11-12,14H2,1-2H3,(H,21,24). The SMILES string of the molecule is CN(C)S(=O)(=O)c1ccc(SCC(=O)Nc2ccc(N3CCCC3)cc2)nc1. The molecule has 1 saturated heterocycles. The number of nitrogens with one attached hydrogen (secondary N) is 1. The van der Waals surface area contributed by atoms with Crippen LogP contribution in [0.4, 0.5) is 11.4 Å². The van der Waals surface area contributed by atoms with Crippen LogP contribution in [-0.4, -0.2) is 56.6 Å². The van der Waals surface area contributed by atoms with Crippen LogP contribution in [0.25, 0.3) is 0 Å². The fraction of sp³-hybridized carbons (Fsp3) is 0.368. The largest absolute Gasteiger partial charge is 0.372 e. The van der Waals surface area contributed by atoms with Gasteiger partial charge in [-0.1, -0.05) is 11.8 Å². The predicted molar refractivity (Wildman–Crippen MR) is 112 cm³/mol. The lowest BCUT2D eigenvalue weighted by Gasteiger charge is -2.17. The number of pyridine rings is 1. The van der Waals surface area contributed by atoms with Crippen LogP contribution in [0.5, 0.6) is 0 Å². The number of hydrogen-bond donors (Lipinski definition) is 1. The van der Waals surface area contributed by atoms with Crippen LogP contribution < -0.4 is 10.2 Å². The number of anilines is 2. The summed E-state index contributed by atoms with van der Waals surface area (Å²) in [5.41, 5.74) is 1.94. The van der Waals surface area contributed by atoms with E-state index in [0.717, 1.165) is 23.1 Å². The van der Waals surface area contributed by atoms with Gasteiger partial charge >= 0.3 is 0 Å². The molecule has 1 aromatic carbocycles. The minimum Gasteiger partial charge on any atom is -0.372 e. The third-order valence-electron chi connectivity index (χ3n) is 4.46. The summed E-state index contributed by atoms with van der Waals surface area (Å²) in [6, 6.07) is 11.0. The first-order valence-electron chi connectivity index (χ1n) is 9.02.